The molecule has 0 aromatic heterocycles. The van der Waals surface area contributed by atoms with Crippen LogP contribution in [0.3, 0.4) is 0 Å². The van der Waals surface area contributed by atoms with Crippen molar-refractivity contribution in [2.45, 2.75) is 12.8 Å². The van der Waals surface area contributed by atoms with Crippen molar-refractivity contribution in [3.63, 3.8) is 0 Å². The third-order valence-corrected chi connectivity index (χ3v) is 3.25. The number of hydrogen-bond acceptors (Lipinski definition) is 3. The van der Waals surface area contributed by atoms with E-state index in [2.05, 4.69) is 5.32 Å². The number of hydrogen-bond donors (Lipinski definition) is 3. The number of allylic oxidation sites excluding steroid dienone is 2. The van der Waals surface area contributed by atoms with Gasteiger partial charge in [0.15, 0.2) is 0 Å². The molecule has 0 radical (unpaired) electrons. The van der Waals surface area contributed by atoms with E-state index in [-0.39, 0.29) is 11.7 Å². The molecule has 0 saturated heterocycles. The summed E-state index contributed by atoms with van der Waals surface area (Å²) in [5.74, 6) is -2.70. The molecular weight excluding hydrogens is 246 g/mol. The Morgan fingerprint density at radius 2 is 1.74 bits per heavy atom. The molecule has 2 atom stereocenters. The first-order valence-corrected chi connectivity index (χ1v) is 6.06. The second kappa shape index (κ2) is 5.56. The molecule has 100 valence electrons. The van der Waals surface area contributed by atoms with Crippen LogP contribution >= 0.6 is 0 Å². The molecular formula is C14H15NO4. The van der Waals surface area contributed by atoms with Gasteiger partial charge >= 0.3 is 5.97 Å². The first kappa shape index (κ1) is 13.1. The molecule has 0 bridgehead atoms. The van der Waals surface area contributed by atoms with Gasteiger partial charge in [-0.05, 0) is 25.0 Å². The maximum atomic E-state index is 12.1. The number of carboxylic acid groups (broad SMARTS) is 1. The summed E-state index contributed by atoms with van der Waals surface area (Å²) in [5.41, 5.74) is 0.297. The highest BCUT2D eigenvalue weighted by molar-refractivity contribution is 5.96. The number of benzene rings is 1. The fourth-order valence-electron chi connectivity index (χ4n) is 2.18. The number of amides is 1. The minimum Gasteiger partial charge on any atom is -0.506 e. The summed E-state index contributed by atoms with van der Waals surface area (Å²) in [6, 6.07) is 6.37. The molecule has 0 spiro atoms. The standard InChI is InChI=1S/C14H15NO4/c16-12-8-4-3-7-11(12)15-13(17)9-5-1-2-6-10(9)14(18)19/h1-4,7-10,16H,5-6H2,(H,15,17)(H,18,19)/t9-,10-/m1/s1. The van der Waals surface area contributed by atoms with Crippen LogP contribution in [0.25, 0.3) is 0 Å². The highest BCUT2D eigenvalue weighted by Gasteiger charge is 2.34. The number of aromatic hydroxyl groups is 1. The van der Waals surface area contributed by atoms with E-state index in [1.165, 1.54) is 6.07 Å². The second-order valence-corrected chi connectivity index (χ2v) is 4.50. The fraction of sp³-hybridized carbons (Fsp3) is 0.286. The molecule has 0 heterocycles. The van der Waals surface area contributed by atoms with E-state index in [1.54, 1.807) is 24.3 Å². The number of carbonyl (C=O) groups excluding carboxylic acids is 1. The molecule has 2 rings (SSSR count). The number of anilines is 1. The van der Waals surface area contributed by atoms with Crippen LogP contribution in [-0.4, -0.2) is 22.1 Å². The Morgan fingerprint density at radius 1 is 1.11 bits per heavy atom. The van der Waals surface area contributed by atoms with Crippen LogP contribution in [0.1, 0.15) is 12.8 Å². The van der Waals surface area contributed by atoms with Gasteiger partial charge in [-0.25, -0.2) is 0 Å². The minimum absolute atomic E-state index is 0.0333. The lowest BCUT2D eigenvalue weighted by molar-refractivity contribution is -0.146. The molecule has 3 N–H and O–H groups in total. The maximum absolute atomic E-state index is 12.1. The molecule has 5 heteroatoms. The Labute approximate surface area is 110 Å². The Bertz CT molecular complexity index is 524. The monoisotopic (exact) mass is 261 g/mol. The Balaban J connectivity index is 2.13. The van der Waals surface area contributed by atoms with Gasteiger partial charge in [-0.1, -0.05) is 24.3 Å². The summed E-state index contributed by atoms with van der Waals surface area (Å²) in [4.78, 5) is 23.2. The predicted octanol–water partition coefficient (Wildman–Crippen LogP) is 2.00. The molecule has 0 aliphatic heterocycles. The molecule has 1 aliphatic rings. The van der Waals surface area contributed by atoms with Gasteiger partial charge in [-0.15, -0.1) is 0 Å². The predicted molar refractivity (Wildman–Crippen MR) is 69.7 cm³/mol. The van der Waals surface area contributed by atoms with Crippen molar-refractivity contribution in [3.8, 4) is 5.75 Å². The number of carbonyl (C=O) groups is 2. The average molecular weight is 261 g/mol. The summed E-state index contributed by atoms with van der Waals surface area (Å²) < 4.78 is 0. The van der Waals surface area contributed by atoms with E-state index in [4.69, 9.17) is 5.11 Å². The summed E-state index contributed by atoms with van der Waals surface area (Å²) in [6.45, 7) is 0. The molecule has 19 heavy (non-hydrogen) atoms. The van der Waals surface area contributed by atoms with Gasteiger partial charge in [0.1, 0.15) is 5.75 Å². The lowest BCUT2D eigenvalue weighted by Gasteiger charge is -2.24. The summed E-state index contributed by atoms with van der Waals surface area (Å²) in [5, 5.41) is 21.3. The highest BCUT2D eigenvalue weighted by Crippen LogP contribution is 2.29. The van der Waals surface area contributed by atoms with Crippen LogP contribution in [0.15, 0.2) is 36.4 Å². The van der Waals surface area contributed by atoms with Gasteiger partial charge in [0, 0.05) is 0 Å². The molecule has 0 saturated carbocycles. The van der Waals surface area contributed by atoms with Crippen molar-refractivity contribution in [2.24, 2.45) is 11.8 Å². The summed E-state index contributed by atoms with van der Waals surface area (Å²) >= 11 is 0. The van der Waals surface area contributed by atoms with Crippen LogP contribution < -0.4 is 5.32 Å². The number of para-hydroxylation sites is 2. The molecule has 1 aromatic rings. The molecule has 5 nitrogen and oxygen atoms in total. The Morgan fingerprint density at radius 3 is 2.37 bits per heavy atom. The van der Waals surface area contributed by atoms with Crippen molar-refractivity contribution in [3.05, 3.63) is 36.4 Å². The molecule has 1 aromatic carbocycles. The largest absolute Gasteiger partial charge is 0.506 e. The first-order valence-electron chi connectivity index (χ1n) is 6.06. The fourth-order valence-corrected chi connectivity index (χ4v) is 2.18. The average Bonchev–Trinajstić information content (AvgIpc) is 2.41. The van der Waals surface area contributed by atoms with E-state index >= 15 is 0 Å². The third kappa shape index (κ3) is 2.93. The zero-order valence-corrected chi connectivity index (χ0v) is 10.2. The van der Waals surface area contributed by atoms with Crippen LogP contribution in [-0.2, 0) is 9.59 Å². The van der Waals surface area contributed by atoms with Crippen LogP contribution in [0.5, 0.6) is 5.75 Å². The molecule has 0 fully saturated rings. The van der Waals surface area contributed by atoms with Crippen molar-refractivity contribution in [2.75, 3.05) is 5.32 Å². The third-order valence-electron chi connectivity index (χ3n) is 3.25. The number of aliphatic carboxylic acids is 1. The minimum atomic E-state index is -0.971. The lowest BCUT2D eigenvalue weighted by atomic mass is 9.82. The van der Waals surface area contributed by atoms with E-state index in [1.807, 2.05) is 6.08 Å². The van der Waals surface area contributed by atoms with Gasteiger partial charge in [0.2, 0.25) is 5.91 Å². The van der Waals surface area contributed by atoms with Gasteiger partial charge in [-0.3, -0.25) is 9.59 Å². The van der Waals surface area contributed by atoms with Crippen LogP contribution in [0, 0.1) is 11.8 Å². The van der Waals surface area contributed by atoms with Gasteiger partial charge in [0.05, 0.1) is 17.5 Å². The Kier molecular flexibility index (Phi) is 3.85. The van der Waals surface area contributed by atoms with E-state index < -0.39 is 17.8 Å². The summed E-state index contributed by atoms with van der Waals surface area (Å²) in [7, 11) is 0. The topological polar surface area (TPSA) is 86.6 Å². The molecule has 0 unspecified atom stereocenters. The van der Waals surface area contributed by atoms with E-state index in [9.17, 15) is 14.7 Å². The summed E-state index contributed by atoms with van der Waals surface area (Å²) in [6.07, 6.45) is 4.35. The zero-order valence-electron chi connectivity index (χ0n) is 10.2. The number of phenolic OH excluding ortho intramolecular Hbond substituents is 1. The Hall–Kier alpha value is -2.30. The van der Waals surface area contributed by atoms with E-state index in [0.717, 1.165) is 0 Å². The molecule has 1 aliphatic carbocycles. The molecule has 1 amide bonds. The maximum Gasteiger partial charge on any atom is 0.307 e. The smallest absolute Gasteiger partial charge is 0.307 e. The quantitative estimate of drug-likeness (QED) is 0.573. The van der Waals surface area contributed by atoms with Crippen LogP contribution in [0.2, 0.25) is 0 Å². The number of carboxylic acids is 1. The highest BCUT2D eigenvalue weighted by atomic mass is 16.4. The first-order chi connectivity index (χ1) is 9.09. The van der Waals surface area contributed by atoms with Gasteiger partial charge in [0.25, 0.3) is 0 Å². The number of nitrogens with one attached hydrogen (secondary N) is 1. The van der Waals surface area contributed by atoms with Gasteiger partial charge in [-0.2, -0.15) is 0 Å². The zero-order chi connectivity index (χ0) is 13.8. The normalized spacial score (nSPS) is 21.9. The van der Waals surface area contributed by atoms with Crippen molar-refractivity contribution < 1.29 is 19.8 Å². The number of phenols is 1. The SMILES string of the molecule is O=C(O)[C@@H]1CC=CC[C@H]1C(=O)Nc1ccccc1O. The van der Waals surface area contributed by atoms with E-state index in [0.29, 0.717) is 18.5 Å². The van der Waals surface area contributed by atoms with Crippen molar-refractivity contribution >= 4 is 17.6 Å². The lowest BCUT2D eigenvalue weighted by Crippen LogP contribution is -2.34. The van der Waals surface area contributed by atoms with Crippen LogP contribution in [0.4, 0.5) is 5.69 Å². The van der Waals surface area contributed by atoms with Gasteiger partial charge < -0.3 is 15.5 Å². The number of rotatable bonds is 3. The van der Waals surface area contributed by atoms with Crippen molar-refractivity contribution in [1.29, 1.82) is 0 Å². The van der Waals surface area contributed by atoms with Crippen molar-refractivity contribution in [1.82, 2.24) is 0 Å². The second-order valence-electron chi connectivity index (χ2n) is 4.50.